The van der Waals surface area contributed by atoms with Crippen molar-refractivity contribution in [2.45, 2.75) is 13.5 Å². The molecule has 1 N–H and O–H groups in total. The van der Waals surface area contributed by atoms with Crippen LogP contribution in [0.4, 0.5) is 0 Å². The van der Waals surface area contributed by atoms with E-state index >= 15 is 0 Å². The van der Waals surface area contributed by atoms with Gasteiger partial charge in [0, 0.05) is 24.0 Å². The zero-order chi connectivity index (χ0) is 15.2. The summed E-state index contributed by atoms with van der Waals surface area (Å²) in [5, 5.41) is 10.2. The average molecular weight is 348 g/mol. The molecule has 0 bridgehead atoms. The van der Waals surface area contributed by atoms with Gasteiger partial charge in [-0.25, -0.2) is 0 Å². The van der Waals surface area contributed by atoms with Crippen molar-refractivity contribution in [3.8, 4) is 5.75 Å². The highest BCUT2D eigenvalue weighted by molar-refractivity contribution is 9.09. The van der Waals surface area contributed by atoms with Gasteiger partial charge in [-0.2, -0.15) is 0 Å². The number of benzene rings is 2. The Morgan fingerprint density at radius 1 is 1.19 bits per heavy atom. The molecule has 21 heavy (non-hydrogen) atoms. The Balaban J connectivity index is 2.23. The van der Waals surface area contributed by atoms with Crippen molar-refractivity contribution < 1.29 is 9.90 Å². The van der Waals surface area contributed by atoms with Crippen LogP contribution >= 0.6 is 15.9 Å². The Morgan fingerprint density at radius 3 is 2.52 bits per heavy atom. The predicted molar refractivity (Wildman–Crippen MR) is 87.8 cm³/mol. The lowest BCUT2D eigenvalue weighted by atomic mass is 10.1. The fourth-order valence-corrected chi connectivity index (χ4v) is 2.64. The number of amides is 1. The van der Waals surface area contributed by atoms with Crippen LogP contribution in [-0.2, 0) is 6.54 Å². The number of aryl methyl sites for hydroxylation is 1. The summed E-state index contributed by atoms with van der Waals surface area (Å²) in [5.41, 5.74) is 2.51. The van der Waals surface area contributed by atoms with Gasteiger partial charge in [-0.1, -0.05) is 46.3 Å². The van der Waals surface area contributed by atoms with Crippen molar-refractivity contribution in [3.63, 3.8) is 0 Å². The van der Waals surface area contributed by atoms with Crippen molar-refractivity contribution in [1.82, 2.24) is 4.90 Å². The largest absolute Gasteiger partial charge is 0.508 e. The van der Waals surface area contributed by atoms with Crippen LogP contribution in [0.2, 0.25) is 0 Å². The zero-order valence-electron chi connectivity index (χ0n) is 11.9. The highest BCUT2D eigenvalue weighted by Crippen LogP contribution is 2.18. The van der Waals surface area contributed by atoms with Gasteiger partial charge in [-0.3, -0.25) is 4.79 Å². The minimum atomic E-state index is -0.0178. The third kappa shape index (κ3) is 4.08. The molecule has 0 fully saturated rings. The molecule has 0 aliphatic carbocycles. The maximum absolute atomic E-state index is 12.7. The molecule has 0 saturated heterocycles. The van der Waals surface area contributed by atoms with E-state index in [9.17, 15) is 9.90 Å². The quantitative estimate of drug-likeness (QED) is 0.837. The Morgan fingerprint density at radius 2 is 1.90 bits per heavy atom. The van der Waals surface area contributed by atoms with Crippen molar-refractivity contribution in [2.24, 2.45) is 0 Å². The smallest absolute Gasteiger partial charge is 0.254 e. The summed E-state index contributed by atoms with van der Waals surface area (Å²) in [7, 11) is 0. The Bertz CT molecular complexity index is 613. The number of hydrogen-bond acceptors (Lipinski definition) is 2. The zero-order valence-corrected chi connectivity index (χ0v) is 13.5. The molecule has 110 valence electrons. The number of carbonyl (C=O) groups is 1. The second kappa shape index (κ2) is 7.27. The van der Waals surface area contributed by atoms with Crippen LogP contribution in [0.3, 0.4) is 0 Å². The highest BCUT2D eigenvalue weighted by atomic mass is 79.9. The van der Waals surface area contributed by atoms with Gasteiger partial charge in [0.25, 0.3) is 5.91 Å². The van der Waals surface area contributed by atoms with Crippen LogP contribution in [-0.4, -0.2) is 27.8 Å². The predicted octanol–water partition coefficient (Wildman–Crippen LogP) is 3.74. The number of phenolic OH excluding ortho intramolecular Hbond substituents is 1. The van der Waals surface area contributed by atoms with Gasteiger partial charge >= 0.3 is 0 Å². The van der Waals surface area contributed by atoms with Gasteiger partial charge in [-0.15, -0.1) is 0 Å². The normalized spacial score (nSPS) is 10.4. The molecule has 0 radical (unpaired) electrons. The van der Waals surface area contributed by atoms with Gasteiger partial charge in [0.15, 0.2) is 0 Å². The van der Waals surface area contributed by atoms with Gasteiger partial charge in [-0.05, 0) is 36.2 Å². The van der Waals surface area contributed by atoms with Crippen molar-refractivity contribution in [3.05, 3.63) is 65.2 Å². The highest BCUT2D eigenvalue weighted by Gasteiger charge is 2.17. The summed E-state index contributed by atoms with van der Waals surface area (Å²) in [6.07, 6.45) is 0. The van der Waals surface area contributed by atoms with Gasteiger partial charge < -0.3 is 10.0 Å². The second-order valence-electron chi connectivity index (χ2n) is 4.90. The molecular formula is C17H18BrNO2. The minimum Gasteiger partial charge on any atom is -0.508 e. The Hall–Kier alpha value is -1.81. The van der Waals surface area contributed by atoms with E-state index in [-0.39, 0.29) is 11.7 Å². The number of phenols is 1. The Kier molecular flexibility index (Phi) is 5.39. The van der Waals surface area contributed by atoms with E-state index < -0.39 is 0 Å². The lowest BCUT2D eigenvalue weighted by Gasteiger charge is -2.23. The second-order valence-corrected chi connectivity index (χ2v) is 5.69. The van der Waals surface area contributed by atoms with E-state index in [1.165, 1.54) is 0 Å². The van der Waals surface area contributed by atoms with E-state index in [4.69, 9.17) is 0 Å². The molecule has 2 aromatic rings. The molecule has 3 nitrogen and oxygen atoms in total. The molecule has 4 heteroatoms. The Labute approximate surface area is 133 Å². The van der Waals surface area contributed by atoms with Crippen molar-refractivity contribution >= 4 is 21.8 Å². The van der Waals surface area contributed by atoms with Crippen LogP contribution in [0.15, 0.2) is 48.5 Å². The van der Waals surface area contributed by atoms with Crippen molar-refractivity contribution in [2.75, 3.05) is 11.9 Å². The SMILES string of the molecule is Cc1cc(O)ccc1C(=O)N(CCBr)Cc1ccccc1. The van der Waals surface area contributed by atoms with Crippen LogP contribution in [0, 0.1) is 6.92 Å². The number of rotatable bonds is 5. The van der Waals surface area contributed by atoms with E-state index in [2.05, 4.69) is 15.9 Å². The summed E-state index contributed by atoms with van der Waals surface area (Å²) in [5.74, 6) is 0.162. The van der Waals surface area contributed by atoms with Crippen LogP contribution in [0.5, 0.6) is 5.75 Å². The number of aromatic hydroxyl groups is 1. The number of carbonyl (C=O) groups excluding carboxylic acids is 1. The first-order chi connectivity index (χ1) is 10.1. The summed E-state index contributed by atoms with van der Waals surface area (Å²) >= 11 is 3.40. The van der Waals surface area contributed by atoms with E-state index in [1.807, 2.05) is 42.2 Å². The molecule has 0 aromatic heterocycles. The van der Waals surface area contributed by atoms with Crippen LogP contribution < -0.4 is 0 Å². The van der Waals surface area contributed by atoms with Crippen LogP contribution in [0.25, 0.3) is 0 Å². The number of hydrogen-bond donors (Lipinski definition) is 1. The number of halogens is 1. The molecule has 1 amide bonds. The van der Waals surface area contributed by atoms with Gasteiger partial charge in [0.2, 0.25) is 0 Å². The first-order valence-corrected chi connectivity index (χ1v) is 7.92. The van der Waals surface area contributed by atoms with E-state index in [0.29, 0.717) is 18.7 Å². The lowest BCUT2D eigenvalue weighted by molar-refractivity contribution is 0.0754. The summed E-state index contributed by atoms with van der Waals surface area (Å²) in [4.78, 5) is 14.5. The van der Waals surface area contributed by atoms with Crippen molar-refractivity contribution in [1.29, 1.82) is 0 Å². The average Bonchev–Trinajstić information content (AvgIpc) is 2.47. The molecule has 0 spiro atoms. The topological polar surface area (TPSA) is 40.5 Å². The summed E-state index contributed by atoms with van der Waals surface area (Å²) in [6, 6.07) is 14.8. The van der Waals surface area contributed by atoms with Gasteiger partial charge in [0.05, 0.1) is 0 Å². The van der Waals surface area contributed by atoms with Crippen LogP contribution in [0.1, 0.15) is 21.5 Å². The minimum absolute atomic E-state index is 0.0178. The molecule has 2 aromatic carbocycles. The summed E-state index contributed by atoms with van der Waals surface area (Å²) < 4.78 is 0. The maximum atomic E-state index is 12.7. The fourth-order valence-electron chi connectivity index (χ4n) is 2.22. The van der Waals surface area contributed by atoms with E-state index in [0.717, 1.165) is 16.5 Å². The molecule has 2 rings (SSSR count). The maximum Gasteiger partial charge on any atom is 0.254 e. The standard InChI is InChI=1S/C17H18BrNO2/c1-13-11-15(20)7-8-16(13)17(21)19(10-9-18)12-14-5-3-2-4-6-14/h2-8,11,20H,9-10,12H2,1H3. The first-order valence-electron chi connectivity index (χ1n) is 6.80. The van der Waals surface area contributed by atoms with Gasteiger partial charge in [0.1, 0.15) is 5.75 Å². The molecule has 0 saturated carbocycles. The molecule has 0 unspecified atom stereocenters. The lowest BCUT2D eigenvalue weighted by Crippen LogP contribution is -2.32. The molecule has 0 aliphatic rings. The molecule has 0 aliphatic heterocycles. The molecular weight excluding hydrogens is 330 g/mol. The fraction of sp³-hybridized carbons (Fsp3) is 0.235. The third-order valence-corrected chi connectivity index (χ3v) is 3.65. The first kappa shape index (κ1) is 15.6. The number of alkyl halides is 1. The summed E-state index contributed by atoms with van der Waals surface area (Å²) in [6.45, 7) is 3.04. The molecule has 0 heterocycles. The monoisotopic (exact) mass is 347 g/mol. The third-order valence-electron chi connectivity index (χ3n) is 3.30. The number of nitrogens with zero attached hydrogens (tertiary/aromatic N) is 1. The van der Waals surface area contributed by atoms with E-state index in [1.54, 1.807) is 18.2 Å². The molecule has 0 atom stereocenters.